The normalized spacial score (nSPS) is 13.4. The van der Waals surface area contributed by atoms with E-state index in [2.05, 4.69) is 31.9 Å². The maximum Gasteiger partial charge on any atom is 0.369 e. The van der Waals surface area contributed by atoms with Gasteiger partial charge < -0.3 is 0 Å². The van der Waals surface area contributed by atoms with Gasteiger partial charge in [-0.2, -0.15) is 0 Å². The second-order valence-electron chi connectivity index (χ2n) is 0.941. The zero-order valence-electron chi connectivity index (χ0n) is 3.36. The molecule has 41 valence electrons. The maximum atomic E-state index is 9.74. The van der Waals surface area contributed by atoms with E-state index >= 15 is 0 Å². The predicted molar refractivity (Wildman–Crippen MR) is 32.2 cm³/mol. The molecule has 0 aliphatic rings. The average molecular weight is 231 g/mol. The lowest BCUT2D eigenvalue weighted by molar-refractivity contribution is -0.141. The third-order valence-electron chi connectivity index (χ3n) is 0.391. The molecule has 1 radical (unpaired) electrons. The van der Waals surface area contributed by atoms with Gasteiger partial charge in [0.2, 0.25) is 0 Å². The largest absolute Gasteiger partial charge is 0.369 e. The van der Waals surface area contributed by atoms with Gasteiger partial charge in [-0.25, -0.2) is 9.90 Å². The van der Waals surface area contributed by atoms with Gasteiger partial charge in [-0.3, -0.25) is 0 Å². The average Bonchev–Trinajstić information content (AvgIpc) is 1.65. The van der Waals surface area contributed by atoms with Crippen LogP contribution in [0, 0.1) is 0 Å². The third-order valence-corrected chi connectivity index (χ3v) is 2.61. The number of carbonyl (C=O) groups is 1. The Hall–Kier alpha value is 0.430. The molecule has 1 unspecified atom stereocenters. The summed E-state index contributed by atoms with van der Waals surface area (Å²) in [5, 5.41) is 10.1. The summed E-state index contributed by atoms with van der Waals surface area (Å²) in [6.07, 6.45) is 0. The topological polar surface area (TPSA) is 37.0 Å². The van der Waals surface area contributed by atoms with Crippen molar-refractivity contribution in [2.75, 3.05) is 5.33 Å². The third kappa shape index (κ3) is 3.05. The molecule has 0 heterocycles. The van der Waals surface area contributed by atoms with E-state index in [-0.39, 0.29) is 0 Å². The van der Waals surface area contributed by atoms with E-state index in [1.807, 2.05) is 0 Å². The summed E-state index contributed by atoms with van der Waals surface area (Å²) in [6.45, 7) is 0. The molecule has 0 aromatic rings. The lowest BCUT2D eigenvalue weighted by Crippen LogP contribution is -2.11. The van der Waals surface area contributed by atoms with Gasteiger partial charge in [0.05, 0.1) is 0 Å². The van der Waals surface area contributed by atoms with Gasteiger partial charge in [-0.05, 0) is 0 Å². The zero-order chi connectivity index (χ0) is 5.86. The summed E-state index contributed by atoms with van der Waals surface area (Å²) in [5.74, 6) is -1.09. The minimum absolute atomic E-state index is 0.384. The van der Waals surface area contributed by atoms with E-state index in [0.29, 0.717) is 5.33 Å². The molecule has 0 spiro atoms. The minimum atomic E-state index is -1.09. The number of rotatable bonds is 2. The molecule has 0 saturated heterocycles. The van der Waals surface area contributed by atoms with Crippen molar-refractivity contribution in [2.45, 2.75) is 4.83 Å². The van der Waals surface area contributed by atoms with Gasteiger partial charge in [0.1, 0.15) is 4.83 Å². The Morgan fingerprint density at radius 1 is 1.71 bits per heavy atom. The van der Waals surface area contributed by atoms with Crippen LogP contribution in [0.25, 0.3) is 0 Å². The molecule has 0 saturated carbocycles. The molecule has 2 nitrogen and oxygen atoms in total. The molecular formula is C3H3Br2O2. The predicted octanol–water partition coefficient (Wildman–Crippen LogP) is 1.10. The first kappa shape index (κ1) is 7.43. The Morgan fingerprint density at radius 3 is 2.14 bits per heavy atom. The van der Waals surface area contributed by atoms with Crippen molar-refractivity contribution in [3.05, 3.63) is 0 Å². The molecule has 0 fully saturated rings. The van der Waals surface area contributed by atoms with Crippen molar-refractivity contribution in [3.63, 3.8) is 0 Å². The molecule has 0 bridgehead atoms. The first-order valence-electron chi connectivity index (χ1n) is 1.59. The summed E-state index contributed by atoms with van der Waals surface area (Å²) in [4.78, 5) is 9.18. The second kappa shape index (κ2) is 3.43. The van der Waals surface area contributed by atoms with Crippen LogP contribution in [0.2, 0.25) is 0 Å². The van der Waals surface area contributed by atoms with Crippen molar-refractivity contribution >= 4 is 37.8 Å². The first-order valence-corrected chi connectivity index (χ1v) is 3.63. The van der Waals surface area contributed by atoms with Gasteiger partial charge in [0.25, 0.3) is 0 Å². The van der Waals surface area contributed by atoms with E-state index in [1.54, 1.807) is 0 Å². The van der Waals surface area contributed by atoms with Crippen LogP contribution in [0.3, 0.4) is 0 Å². The van der Waals surface area contributed by atoms with Gasteiger partial charge in [-0.1, -0.05) is 31.9 Å². The van der Waals surface area contributed by atoms with E-state index in [9.17, 15) is 9.90 Å². The number of hydrogen-bond donors (Lipinski definition) is 0. The van der Waals surface area contributed by atoms with E-state index in [4.69, 9.17) is 0 Å². The zero-order valence-corrected chi connectivity index (χ0v) is 6.53. The van der Waals surface area contributed by atoms with Gasteiger partial charge in [0.15, 0.2) is 0 Å². The first-order chi connectivity index (χ1) is 3.18. The van der Waals surface area contributed by atoms with Gasteiger partial charge >= 0.3 is 5.97 Å². The molecule has 0 aromatic carbocycles. The summed E-state index contributed by atoms with van der Waals surface area (Å²) < 4.78 is 0. The fraction of sp³-hybridized carbons (Fsp3) is 0.667. The maximum absolute atomic E-state index is 9.74. The minimum Gasteiger partial charge on any atom is -0.246 e. The van der Waals surface area contributed by atoms with E-state index in [0.717, 1.165) is 0 Å². The quantitative estimate of drug-likeness (QED) is 0.655. The number of alkyl halides is 2. The van der Waals surface area contributed by atoms with Crippen LogP contribution in [0.4, 0.5) is 0 Å². The van der Waals surface area contributed by atoms with Crippen LogP contribution >= 0.6 is 31.9 Å². The molecule has 7 heavy (non-hydrogen) atoms. The molecule has 4 heteroatoms. The highest BCUT2D eigenvalue weighted by atomic mass is 79.9. The Morgan fingerprint density at radius 2 is 2.14 bits per heavy atom. The van der Waals surface area contributed by atoms with Crippen molar-refractivity contribution in [3.8, 4) is 0 Å². The SMILES string of the molecule is [O]C(=O)C(Br)CBr. The molecule has 1 atom stereocenters. The van der Waals surface area contributed by atoms with Crippen LogP contribution in [0.5, 0.6) is 0 Å². The Bertz CT molecular complexity index is 73.3. The molecular weight excluding hydrogens is 228 g/mol. The molecule has 0 aliphatic carbocycles. The fourth-order valence-electron chi connectivity index (χ4n) is 0.0630. The van der Waals surface area contributed by atoms with E-state index < -0.39 is 10.8 Å². The summed E-state index contributed by atoms with van der Waals surface area (Å²) in [6, 6.07) is 0. The smallest absolute Gasteiger partial charge is 0.246 e. The second-order valence-corrected chi connectivity index (χ2v) is 2.69. The van der Waals surface area contributed by atoms with Crippen molar-refractivity contribution in [1.29, 1.82) is 0 Å². The van der Waals surface area contributed by atoms with Crippen molar-refractivity contribution < 1.29 is 9.90 Å². The lowest BCUT2D eigenvalue weighted by atomic mass is 10.5. The summed E-state index contributed by atoms with van der Waals surface area (Å²) >= 11 is 5.78. The number of halogens is 2. The van der Waals surface area contributed by atoms with Crippen molar-refractivity contribution in [2.24, 2.45) is 0 Å². The van der Waals surface area contributed by atoms with Gasteiger partial charge in [-0.15, -0.1) is 0 Å². The molecule has 0 rings (SSSR count). The number of hydrogen-bond acceptors (Lipinski definition) is 1. The highest BCUT2D eigenvalue weighted by molar-refractivity contribution is 9.12. The highest BCUT2D eigenvalue weighted by Crippen LogP contribution is 2.02. The molecule has 0 aromatic heterocycles. The van der Waals surface area contributed by atoms with Crippen LogP contribution in [-0.4, -0.2) is 16.1 Å². The van der Waals surface area contributed by atoms with Crippen LogP contribution < -0.4 is 0 Å². The lowest BCUT2D eigenvalue weighted by Gasteiger charge is -1.89. The highest BCUT2D eigenvalue weighted by Gasteiger charge is 2.11. The fourth-order valence-corrected chi connectivity index (χ4v) is 0.327. The monoisotopic (exact) mass is 229 g/mol. The summed E-state index contributed by atoms with van der Waals surface area (Å²) in [5.41, 5.74) is 0. The van der Waals surface area contributed by atoms with Crippen LogP contribution in [0.1, 0.15) is 0 Å². The number of carbonyl (C=O) groups excluding carboxylic acids is 1. The standard InChI is InChI=1S/C3H3Br2O2/c4-1-2(5)3(6)7/h2H,1H2. The molecule has 0 aliphatic heterocycles. The van der Waals surface area contributed by atoms with Gasteiger partial charge in [0, 0.05) is 5.33 Å². The summed E-state index contributed by atoms with van der Waals surface area (Å²) in [7, 11) is 0. The van der Waals surface area contributed by atoms with Crippen LogP contribution in [0.15, 0.2) is 0 Å². The van der Waals surface area contributed by atoms with Crippen LogP contribution in [-0.2, 0) is 9.90 Å². The molecule has 0 amide bonds. The molecule has 0 N–H and O–H groups in total. The van der Waals surface area contributed by atoms with Crippen molar-refractivity contribution in [1.82, 2.24) is 0 Å². The Kier molecular flexibility index (Phi) is 3.65. The Balaban J connectivity index is 3.34. The Labute approximate surface area is 58.2 Å². The van der Waals surface area contributed by atoms with E-state index in [1.165, 1.54) is 0 Å².